The van der Waals surface area contributed by atoms with Crippen LogP contribution in [0.2, 0.25) is 0 Å². The second-order valence-electron chi connectivity index (χ2n) is 5.68. The molecule has 0 saturated carbocycles. The number of amides is 2. The molecule has 2 heterocycles. The largest absolute Gasteiger partial charge is 0.472 e. The third-order valence-corrected chi connectivity index (χ3v) is 4.07. The van der Waals surface area contributed by atoms with Gasteiger partial charge in [0.25, 0.3) is 11.8 Å². The summed E-state index contributed by atoms with van der Waals surface area (Å²) < 4.78 is 31.0. The number of benzene rings is 1. The molecule has 1 N–H and O–H groups in total. The number of carbonyl (C=O) groups is 2. The smallest absolute Gasteiger partial charge is 0.257 e. The zero-order chi connectivity index (χ0) is 17.1. The lowest BCUT2D eigenvalue weighted by atomic mass is 10.0. The highest BCUT2D eigenvalue weighted by atomic mass is 19.2. The molecule has 0 unspecified atom stereocenters. The predicted molar refractivity (Wildman–Crippen MR) is 81.5 cm³/mol. The van der Waals surface area contributed by atoms with Gasteiger partial charge in [-0.2, -0.15) is 0 Å². The van der Waals surface area contributed by atoms with Crippen molar-refractivity contribution in [3.8, 4) is 0 Å². The van der Waals surface area contributed by atoms with E-state index in [1.54, 1.807) is 11.0 Å². The number of nitrogens with one attached hydrogen (secondary N) is 1. The maximum absolute atomic E-state index is 13.2. The van der Waals surface area contributed by atoms with E-state index in [9.17, 15) is 18.4 Å². The summed E-state index contributed by atoms with van der Waals surface area (Å²) in [4.78, 5) is 26.0. The minimum atomic E-state index is -1.05. The number of nitrogens with zero attached hydrogens (tertiary/aromatic N) is 1. The van der Waals surface area contributed by atoms with Crippen LogP contribution in [0.5, 0.6) is 0 Å². The van der Waals surface area contributed by atoms with E-state index in [-0.39, 0.29) is 17.5 Å². The van der Waals surface area contributed by atoms with Gasteiger partial charge in [-0.3, -0.25) is 9.59 Å². The summed E-state index contributed by atoms with van der Waals surface area (Å²) in [6.07, 6.45) is 4.04. The molecule has 24 heavy (non-hydrogen) atoms. The molecule has 1 aliphatic rings. The number of halogens is 2. The van der Waals surface area contributed by atoms with Crippen LogP contribution in [0, 0.1) is 11.6 Å². The van der Waals surface area contributed by atoms with Crippen molar-refractivity contribution in [1.82, 2.24) is 10.2 Å². The first-order chi connectivity index (χ1) is 11.5. The van der Waals surface area contributed by atoms with Crippen molar-refractivity contribution in [3.63, 3.8) is 0 Å². The standard InChI is InChI=1S/C17H16F2N2O3/c18-14-2-1-11(9-15(14)19)16(22)20-13-3-6-21(7-4-13)17(23)12-5-8-24-10-12/h1-2,5,8-10,13H,3-4,6-7H2,(H,20,22). The van der Waals surface area contributed by atoms with Gasteiger partial charge in [0.05, 0.1) is 11.8 Å². The van der Waals surface area contributed by atoms with Crippen LogP contribution in [0.25, 0.3) is 0 Å². The van der Waals surface area contributed by atoms with Gasteiger partial charge in [-0.05, 0) is 37.1 Å². The van der Waals surface area contributed by atoms with Gasteiger partial charge < -0.3 is 14.6 Å². The molecule has 1 saturated heterocycles. The van der Waals surface area contributed by atoms with Gasteiger partial charge in [0.1, 0.15) is 6.26 Å². The molecule has 126 valence electrons. The van der Waals surface area contributed by atoms with Crippen molar-refractivity contribution < 1.29 is 22.8 Å². The topological polar surface area (TPSA) is 62.6 Å². The van der Waals surface area contributed by atoms with Crippen molar-refractivity contribution in [2.75, 3.05) is 13.1 Å². The summed E-state index contributed by atoms with van der Waals surface area (Å²) in [5.74, 6) is -2.59. The van der Waals surface area contributed by atoms with Crippen LogP contribution in [0.1, 0.15) is 33.6 Å². The molecule has 3 rings (SSSR count). The van der Waals surface area contributed by atoms with E-state index in [4.69, 9.17) is 4.42 Å². The number of hydrogen-bond acceptors (Lipinski definition) is 3. The van der Waals surface area contributed by atoms with Crippen molar-refractivity contribution in [2.24, 2.45) is 0 Å². The Kier molecular flexibility index (Phi) is 4.59. The molecule has 0 bridgehead atoms. The first-order valence-corrected chi connectivity index (χ1v) is 7.62. The van der Waals surface area contributed by atoms with Gasteiger partial charge in [-0.1, -0.05) is 0 Å². The zero-order valence-electron chi connectivity index (χ0n) is 12.8. The molecule has 0 radical (unpaired) electrons. The van der Waals surface area contributed by atoms with E-state index >= 15 is 0 Å². The second-order valence-corrected chi connectivity index (χ2v) is 5.68. The van der Waals surface area contributed by atoms with Crippen LogP contribution >= 0.6 is 0 Å². The van der Waals surface area contributed by atoms with E-state index < -0.39 is 17.5 Å². The molecule has 5 nitrogen and oxygen atoms in total. The molecule has 0 aliphatic carbocycles. The van der Waals surface area contributed by atoms with Crippen LogP contribution in [0.4, 0.5) is 8.78 Å². The summed E-state index contributed by atoms with van der Waals surface area (Å²) >= 11 is 0. The number of furan rings is 1. The molecule has 7 heteroatoms. The molecule has 2 aromatic rings. The summed E-state index contributed by atoms with van der Waals surface area (Å²) in [6.45, 7) is 1.01. The molecular weight excluding hydrogens is 318 g/mol. The average molecular weight is 334 g/mol. The predicted octanol–water partition coefficient (Wildman–Crippen LogP) is 2.59. The summed E-state index contributed by atoms with van der Waals surface area (Å²) in [5, 5.41) is 2.79. The van der Waals surface area contributed by atoms with Gasteiger partial charge >= 0.3 is 0 Å². The normalized spacial score (nSPS) is 15.3. The fraction of sp³-hybridized carbons (Fsp3) is 0.294. The number of piperidine rings is 1. The molecule has 1 aromatic heterocycles. The van der Waals surface area contributed by atoms with Gasteiger partial charge in [-0.25, -0.2) is 8.78 Å². The Morgan fingerprint density at radius 1 is 1.08 bits per heavy atom. The van der Waals surface area contributed by atoms with E-state index in [2.05, 4.69) is 5.32 Å². The zero-order valence-corrected chi connectivity index (χ0v) is 12.8. The Morgan fingerprint density at radius 2 is 1.83 bits per heavy atom. The van der Waals surface area contributed by atoms with Crippen molar-refractivity contribution >= 4 is 11.8 Å². The molecule has 0 atom stereocenters. The lowest BCUT2D eigenvalue weighted by Gasteiger charge is -2.32. The van der Waals surface area contributed by atoms with E-state index in [1.165, 1.54) is 18.6 Å². The Balaban J connectivity index is 1.54. The summed E-state index contributed by atoms with van der Waals surface area (Å²) in [6, 6.07) is 4.54. The number of carbonyl (C=O) groups excluding carboxylic acids is 2. The maximum Gasteiger partial charge on any atom is 0.257 e. The Hall–Kier alpha value is -2.70. The quantitative estimate of drug-likeness (QED) is 0.938. The highest BCUT2D eigenvalue weighted by molar-refractivity contribution is 5.95. The van der Waals surface area contributed by atoms with Crippen LogP contribution in [-0.2, 0) is 0 Å². The highest BCUT2D eigenvalue weighted by Crippen LogP contribution is 2.15. The van der Waals surface area contributed by atoms with Gasteiger partial charge in [-0.15, -0.1) is 0 Å². The van der Waals surface area contributed by atoms with Crippen LogP contribution < -0.4 is 5.32 Å². The van der Waals surface area contributed by atoms with Crippen molar-refractivity contribution in [1.29, 1.82) is 0 Å². The second kappa shape index (κ2) is 6.82. The van der Waals surface area contributed by atoms with E-state index in [0.717, 1.165) is 12.1 Å². The third-order valence-electron chi connectivity index (χ3n) is 4.07. The monoisotopic (exact) mass is 334 g/mol. The first kappa shape index (κ1) is 16.2. The average Bonchev–Trinajstić information content (AvgIpc) is 3.12. The minimum Gasteiger partial charge on any atom is -0.472 e. The summed E-state index contributed by atoms with van der Waals surface area (Å²) in [7, 11) is 0. The van der Waals surface area contributed by atoms with Crippen molar-refractivity contribution in [2.45, 2.75) is 18.9 Å². The van der Waals surface area contributed by atoms with Gasteiger partial charge in [0, 0.05) is 24.7 Å². The third kappa shape index (κ3) is 3.45. The summed E-state index contributed by atoms with van der Waals surface area (Å²) in [5.41, 5.74) is 0.574. The van der Waals surface area contributed by atoms with Gasteiger partial charge in [0.15, 0.2) is 11.6 Å². The minimum absolute atomic E-state index is 0.0748. The SMILES string of the molecule is O=C(NC1CCN(C(=O)c2ccoc2)CC1)c1ccc(F)c(F)c1. The van der Waals surface area contributed by atoms with Crippen LogP contribution in [0.15, 0.2) is 41.2 Å². The highest BCUT2D eigenvalue weighted by Gasteiger charge is 2.25. The molecule has 1 fully saturated rings. The lowest BCUT2D eigenvalue weighted by molar-refractivity contribution is 0.0697. The molecule has 1 aromatic carbocycles. The van der Waals surface area contributed by atoms with Crippen LogP contribution in [0.3, 0.4) is 0 Å². The fourth-order valence-corrected chi connectivity index (χ4v) is 2.70. The molecular formula is C17H16F2N2O3. The Labute approximate surface area is 137 Å². The number of likely N-dealkylation sites (tertiary alicyclic amines) is 1. The molecule has 1 aliphatic heterocycles. The van der Waals surface area contributed by atoms with E-state index in [0.29, 0.717) is 31.5 Å². The van der Waals surface area contributed by atoms with E-state index in [1.807, 2.05) is 0 Å². The molecule has 0 spiro atoms. The first-order valence-electron chi connectivity index (χ1n) is 7.62. The maximum atomic E-state index is 13.2. The van der Waals surface area contributed by atoms with Crippen LogP contribution in [-0.4, -0.2) is 35.8 Å². The van der Waals surface area contributed by atoms with Crippen molar-refractivity contribution in [3.05, 3.63) is 59.6 Å². The Morgan fingerprint density at radius 3 is 2.46 bits per heavy atom. The Bertz CT molecular complexity index is 738. The fourth-order valence-electron chi connectivity index (χ4n) is 2.70. The number of hydrogen-bond donors (Lipinski definition) is 1. The number of rotatable bonds is 3. The molecule has 2 amide bonds. The lowest BCUT2D eigenvalue weighted by Crippen LogP contribution is -2.46. The van der Waals surface area contributed by atoms with Gasteiger partial charge in [0.2, 0.25) is 0 Å².